The van der Waals surface area contributed by atoms with Gasteiger partial charge in [-0.15, -0.1) is 17.0 Å². The van der Waals surface area contributed by atoms with Crippen molar-refractivity contribution in [2.24, 2.45) is 0 Å². The summed E-state index contributed by atoms with van der Waals surface area (Å²) >= 11 is 0. The molecular weight excluding hydrogens is 290 g/mol. The quantitative estimate of drug-likeness (QED) is 0.404. The van der Waals surface area contributed by atoms with Crippen LogP contribution in [-0.4, -0.2) is 0 Å². The van der Waals surface area contributed by atoms with E-state index in [1.165, 1.54) is 16.7 Å². The van der Waals surface area contributed by atoms with Gasteiger partial charge in [-0.25, -0.2) is 0 Å². The second-order valence-corrected chi connectivity index (χ2v) is 5.56. The Morgan fingerprint density at radius 3 is 2.21 bits per heavy atom. The first-order chi connectivity index (χ1) is 11.8. The first-order valence-corrected chi connectivity index (χ1v) is 8.00. The van der Waals surface area contributed by atoms with E-state index in [0.717, 1.165) is 11.1 Å². The molecule has 0 fully saturated rings. The van der Waals surface area contributed by atoms with E-state index >= 15 is 0 Å². The molecule has 0 unspecified atom stereocenters. The third-order valence-corrected chi connectivity index (χ3v) is 3.74. The van der Waals surface area contributed by atoms with Gasteiger partial charge in [-0.1, -0.05) is 95.6 Å². The van der Waals surface area contributed by atoms with Crippen LogP contribution in [0.15, 0.2) is 84.9 Å². The summed E-state index contributed by atoms with van der Waals surface area (Å²) in [6.45, 7) is 4.00. The molecule has 0 saturated heterocycles. The maximum atomic E-state index is 4.36. The number of hydrogen-bond donors (Lipinski definition) is 0. The van der Waals surface area contributed by atoms with E-state index < -0.39 is 0 Å². The van der Waals surface area contributed by atoms with Crippen molar-refractivity contribution in [2.45, 2.75) is 6.92 Å². The van der Waals surface area contributed by atoms with Crippen molar-refractivity contribution < 1.29 is 0 Å². The van der Waals surface area contributed by atoms with Gasteiger partial charge in [-0.2, -0.15) is 0 Å². The van der Waals surface area contributed by atoms with Crippen molar-refractivity contribution in [1.29, 1.82) is 0 Å². The lowest BCUT2D eigenvalue weighted by Crippen LogP contribution is -1.88. The first kappa shape index (κ1) is 15.6. The Morgan fingerprint density at radius 1 is 0.833 bits per heavy atom. The molecule has 0 atom stereocenters. The van der Waals surface area contributed by atoms with E-state index in [9.17, 15) is 0 Å². The fourth-order valence-corrected chi connectivity index (χ4v) is 2.53. The second-order valence-electron chi connectivity index (χ2n) is 5.56. The van der Waals surface area contributed by atoms with Crippen LogP contribution in [0.5, 0.6) is 0 Å². The van der Waals surface area contributed by atoms with E-state index in [-0.39, 0.29) is 0 Å². The van der Waals surface area contributed by atoms with Crippen molar-refractivity contribution in [3.8, 4) is 6.07 Å². The zero-order valence-corrected chi connectivity index (χ0v) is 13.7. The fourth-order valence-electron chi connectivity index (χ4n) is 2.53. The number of allylic oxidation sites excluding steroid dienone is 1. The van der Waals surface area contributed by atoms with Gasteiger partial charge in [0, 0.05) is 5.56 Å². The smallest absolute Gasteiger partial charge is 0.140 e. The molecular formula is C23H19N. The average molecular weight is 309 g/mol. The summed E-state index contributed by atoms with van der Waals surface area (Å²) in [4.78, 5) is 4.36. The van der Waals surface area contributed by atoms with Gasteiger partial charge >= 0.3 is 0 Å². The summed E-state index contributed by atoms with van der Waals surface area (Å²) in [6.07, 6.45) is 2.19. The minimum Gasteiger partial charge on any atom is -0.140 e. The topological polar surface area (TPSA) is 4.36 Å². The molecule has 3 aromatic rings. The van der Waals surface area contributed by atoms with Crippen LogP contribution in [0.3, 0.4) is 0 Å². The molecule has 0 heterocycles. The summed E-state index contributed by atoms with van der Waals surface area (Å²) in [5.41, 5.74) is 5.65. The van der Waals surface area contributed by atoms with Crippen LogP contribution in [0.2, 0.25) is 0 Å². The minimum atomic E-state index is 0.975. The molecule has 1 nitrogen and oxygen atoms in total. The van der Waals surface area contributed by atoms with E-state index in [0.29, 0.717) is 0 Å². The van der Waals surface area contributed by atoms with Crippen LogP contribution >= 0.6 is 0 Å². The Hall–Kier alpha value is -3.24. The average Bonchev–Trinajstić information content (AvgIpc) is 2.64. The van der Waals surface area contributed by atoms with Crippen molar-refractivity contribution >= 4 is 11.6 Å². The molecule has 0 radical (unpaired) electrons. The number of hydrogen-bond acceptors (Lipinski definition) is 0. The van der Waals surface area contributed by atoms with Crippen LogP contribution in [0.25, 0.3) is 16.5 Å². The summed E-state index contributed by atoms with van der Waals surface area (Å²) in [5, 5.41) is 0. The third-order valence-electron chi connectivity index (χ3n) is 3.74. The Bertz CT molecular complexity index is 881. The maximum Gasteiger partial charge on any atom is 0.222 e. The molecule has 24 heavy (non-hydrogen) atoms. The molecule has 0 saturated carbocycles. The molecule has 0 amide bonds. The first-order valence-electron chi connectivity index (χ1n) is 8.00. The largest absolute Gasteiger partial charge is 0.222 e. The SMILES string of the molecule is C/C(=C/c1ccccc1)c1ccccc1[CH-][N+]#Cc1ccccc1. The van der Waals surface area contributed by atoms with Crippen LogP contribution in [0, 0.1) is 12.6 Å². The highest BCUT2D eigenvalue weighted by Crippen LogP contribution is 2.23. The Kier molecular flexibility index (Phi) is 5.12. The Labute approximate surface area is 143 Å². The van der Waals surface area contributed by atoms with Gasteiger partial charge in [0.1, 0.15) is 0 Å². The van der Waals surface area contributed by atoms with E-state index in [1.54, 1.807) is 0 Å². The summed E-state index contributed by atoms with van der Waals surface area (Å²) in [5.74, 6) is 0. The van der Waals surface area contributed by atoms with Crippen LogP contribution in [0.4, 0.5) is 0 Å². The van der Waals surface area contributed by atoms with Gasteiger partial charge in [-0.3, -0.25) is 0 Å². The lowest BCUT2D eigenvalue weighted by Gasteiger charge is -2.10. The number of benzene rings is 3. The van der Waals surface area contributed by atoms with E-state index in [1.807, 2.05) is 49.0 Å². The van der Waals surface area contributed by atoms with Crippen LogP contribution in [0.1, 0.15) is 29.2 Å². The van der Waals surface area contributed by atoms with E-state index in [4.69, 9.17) is 0 Å². The lowest BCUT2D eigenvalue weighted by atomic mass is 9.99. The van der Waals surface area contributed by atoms with Crippen LogP contribution < -0.4 is 0 Å². The predicted octanol–water partition coefficient (Wildman–Crippen LogP) is 6.14. The van der Waals surface area contributed by atoms with Crippen molar-refractivity contribution in [1.82, 2.24) is 0 Å². The molecule has 0 aliphatic rings. The molecule has 1 heteroatoms. The van der Waals surface area contributed by atoms with Gasteiger partial charge in [-0.05, 0) is 12.5 Å². The standard InChI is InChI=1S/C23H19N/c1-19(16-20-10-4-2-5-11-20)23-15-9-8-14-22(23)18-24-17-21-12-6-3-7-13-21/h2-16,18H,1H3/b19-16-. The normalized spacial score (nSPS) is 10.6. The van der Waals surface area contributed by atoms with Crippen molar-refractivity contribution in [3.05, 3.63) is 119 Å². The van der Waals surface area contributed by atoms with Gasteiger partial charge in [0.2, 0.25) is 12.6 Å². The molecule has 0 aromatic heterocycles. The van der Waals surface area contributed by atoms with Crippen molar-refractivity contribution in [3.63, 3.8) is 0 Å². The van der Waals surface area contributed by atoms with Gasteiger partial charge in [0.05, 0.1) is 0 Å². The molecule has 0 bridgehead atoms. The molecule has 3 aromatic carbocycles. The molecule has 116 valence electrons. The highest BCUT2D eigenvalue weighted by Gasteiger charge is 2.01. The zero-order valence-electron chi connectivity index (χ0n) is 13.7. The molecule has 0 aliphatic heterocycles. The predicted molar refractivity (Wildman–Crippen MR) is 103 cm³/mol. The lowest BCUT2D eigenvalue weighted by molar-refractivity contribution is 1.45. The van der Waals surface area contributed by atoms with Gasteiger partial charge in [0.25, 0.3) is 0 Å². The molecule has 0 spiro atoms. The second kappa shape index (κ2) is 7.85. The maximum absolute atomic E-state index is 4.36. The van der Waals surface area contributed by atoms with Gasteiger partial charge < -0.3 is 0 Å². The van der Waals surface area contributed by atoms with E-state index in [2.05, 4.69) is 66.4 Å². The Morgan fingerprint density at radius 2 is 1.46 bits per heavy atom. The minimum absolute atomic E-state index is 0.975. The number of nitrogens with zero attached hydrogens (tertiary/aromatic N) is 1. The van der Waals surface area contributed by atoms with Crippen LogP contribution in [-0.2, 0) is 0 Å². The third kappa shape index (κ3) is 4.15. The van der Waals surface area contributed by atoms with Gasteiger partial charge in [0.15, 0.2) is 0 Å². The van der Waals surface area contributed by atoms with Crippen molar-refractivity contribution in [2.75, 3.05) is 0 Å². The summed E-state index contributed by atoms with van der Waals surface area (Å²) in [6, 6.07) is 31.6. The highest BCUT2D eigenvalue weighted by molar-refractivity contribution is 5.82. The highest BCUT2D eigenvalue weighted by atomic mass is 14.6. The monoisotopic (exact) mass is 309 g/mol. The number of rotatable bonds is 3. The Balaban J connectivity index is 1.83. The molecule has 0 N–H and O–H groups in total. The summed E-state index contributed by atoms with van der Waals surface area (Å²) in [7, 11) is 0. The molecule has 0 aliphatic carbocycles. The zero-order chi connectivity index (χ0) is 16.6. The fraction of sp³-hybridized carbons (Fsp3) is 0.0435. The summed E-state index contributed by atoms with van der Waals surface area (Å²) < 4.78 is 0. The molecule has 3 rings (SSSR count).